The number of hydrogen-bond donors (Lipinski definition) is 1. The van der Waals surface area contributed by atoms with Crippen LogP contribution in [-0.2, 0) is 6.61 Å². The first-order valence-electron chi connectivity index (χ1n) is 7.27. The van der Waals surface area contributed by atoms with Gasteiger partial charge in [-0.1, -0.05) is 12.8 Å². The van der Waals surface area contributed by atoms with Crippen molar-refractivity contribution in [1.29, 1.82) is 0 Å². The average Bonchev–Trinajstić information content (AvgIpc) is 3.02. The fourth-order valence-corrected chi connectivity index (χ4v) is 3.15. The number of aliphatic hydroxyl groups is 1. The molecule has 0 unspecified atom stereocenters. The van der Waals surface area contributed by atoms with E-state index in [1.807, 2.05) is 0 Å². The summed E-state index contributed by atoms with van der Waals surface area (Å²) in [6.07, 6.45) is 8.98. The minimum atomic E-state index is 0.00966. The van der Waals surface area contributed by atoms with Gasteiger partial charge in [0.25, 0.3) is 0 Å². The fourth-order valence-electron chi connectivity index (χ4n) is 3.15. The molecular formula is C14H22N4O. The van der Waals surface area contributed by atoms with Crippen LogP contribution >= 0.6 is 0 Å². The largest absolute Gasteiger partial charge is 0.392 e. The Kier molecular flexibility index (Phi) is 3.94. The molecule has 1 saturated carbocycles. The van der Waals surface area contributed by atoms with E-state index in [2.05, 4.69) is 19.8 Å². The van der Waals surface area contributed by atoms with Crippen LogP contribution in [0.5, 0.6) is 0 Å². The minimum absolute atomic E-state index is 0.00966. The number of rotatable bonds is 3. The van der Waals surface area contributed by atoms with Crippen LogP contribution in [0.4, 0.5) is 5.95 Å². The molecule has 104 valence electrons. The lowest BCUT2D eigenvalue weighted by Crippen LogP contribution is -2.50. The zero-order chi connectivity index (χ0) is 13.1. The average molecular weight is 262 g/mol. The lowest BCUT2D eigenvalue weighted by molar-refractivity contribution is 0.187. The number of anilines is 1. The van der Waals surface area contributed by atoms with Gasteiger partial charge in [0, 0.05) is 50.2 Å². The van der Waals surface area contributed by atoms with Crippen molar-refractivity contribution in [3.8, 4) is 0 Å². The highest BCUT2D eigenvalue weighted by Gasteiger charge is 2.26. The molecule has 0 radical (unpaired) electrons. The Morgan fingerprint density at radius 1 is 1.05 bits per heavy atom. The molecule has 1 aromatic rings. The number of hydrogen-bond acceptors (Lipinski definition) is 5. The van der Waals surface area contributed by atoms with Crippen LogP contribution in [0.3, 0.4) is 0 Å². The summed E-state index contributed by atoms with van der Waals surface area (Å²) < 4.78 is 0. The van der Waals surface area contributed by atoms with Gasteiger partial charge in [0.05, 0.1) is 6.61 Å². The molecule has 5 heteroatoms. The van der Waals surface area contributed by atoms with Gasteiger partial charge < -0.3 is 10.0 Å². The maximum Gasteiger partial charge on any atom is 0.225 e. The maximum atomic E-state index is 8.99. The summed E-state index contributed by atoms with van der Waals surface area (Å²) in [5.41, 5.74) is 0.772. The fraction of sp³-hybridized carbons (Fsp3) is 0.714. The molecule has 3 rings (SSSR count). The van der Waals surface area contributed by atoms with Crippen LogP contribution in [0.25, 0.3) is 0 Å². The molecule has 5 nitrogen and oxygen atoms in total. The Hall–Kier alpha value is -1.20. The molecule has 0 amide bonds. The Labute approximate surface area is 114 Å². The summed E-state index contributed by atoms with van der Waals surface area (Å²) >= 11 is 0. The number of aliphatic hydroxyl groups excluding tert-OH is 1. The van der Waals surface area contributed by atoms with Crippen LogP contribution in [0.15, 0.2) is 12.4 Å². The second-order valence-electron chi connectivity index (χ2n) is 5.51. The first-order valence-corrected chi connectivity index (χ1v) is 7.27. The molecule has 2 aliphatic rings. The lowest BCUT2D eigenvalue weighted by atomic mass is 10.2. The maximum absolute atomic E-state index is 8.99. The topological polar surface area (TPSA) is 52.5 Å². The van der Waals surface area contributed by atoms with Crippen molar-refractivity contribution in [3.05, 3.63) is 18.0 Å². The van der Waals surface area contributed by atoms with Crippen molar-refractivity contribution in [2.24, 2.45) is 0 Å². The summed E-state index contributed by atoms with van der Waals surface area (Å²) in [4.78, 5) is 13.5. The molecule has 1 aliphatic heterocycles. The summed E-state index contributed by atoms with van der Waals surface area (Å²) in [5.74, 6) is 0.795. The molecule has 1 aliphatic carbocycles. The van der Waals surface area contributed by atoms with Crippen LogP contribution in [0.2, 0.25) is 0 Å². The van der Waals surface area contributed by atoms with Gasteiger partial charge in [-0.25, -0.2) is 9.97 Å². The molecule has 1 aromatic heterocycles. The summed E-state index contributed by atoms with van der Waals surface area (Å²) in [5, 5.41) is 8.99. The van der Waals surface area contributed by atoms with Crippen molar-refractivity contribution in [2.45, 2.75) is 38.3 Å². The first-order chi connectivity index (χ1) is 9.36. The van der Waals surface area contributed by atoms with Crippen LogP contribution in [-0.4, -0.2) is 52.2 Å². The molecule has 1 saturated heterocycles. The van der Waals surface area contributed by atoms with Gasteiger partial charge in [-0.2, -0.15) is 0 Å². The van der Waals surface area contributed by atoms with Crippen LogP contribution < -0.4 is 4.90 Å². The molecule has 0 atom stereocenters. The third-order valence-corrected chi connectivity index (χ3v) is 4.31. The van der Waals surface area contributed by atoms with Crippen LogP contribution in [0, 0.1) is 0 Å². The van der Waals surface area contributed by atoms with E-state index in [4.69, 9.17) is 5.11 Å². The van der Waals surface area contributed by atoms with E-state index < -0.39 is 0 Å². The Morgan fingerprint density at radius 2 is 1.68 bits per heavy atom. The standard InChI is InChI=1S/C14H22N4O/c19-11-12-9-15-14(16-10-12)18-7-5-17(6-8-18)13-3-1-2-4-13/h9-10,13,19H,1-8,11H2. The molecule has 19 heavy (non-hydrogen) atoms. The quantitative estimate of drug-likeness (QED) is 0.882. The Bertz CT molecular complexity index is 394. The van der Waals surface area contributed by atoms with E-state index in [1.54, 1.807) is 12.4 Å². The molecule has 0 spiro atoms. The van der Waals surface area contributed by atoms with E-state index in [0.29, 0.717) is 0 Å². The zero-order valence-corrected chi connectivity index (χ0v) is 11.3. The monoisotopic (exact) mass is 262 g/mol. The lowest BCUT2D eigenvalue weighted by Gasteiger charge is -2.38. The van der Waals surface area contributed by atoms with E-state index in [1.165, 1.54) is 25.7 Å². The SMILES string of the molecule is OCc1cnc(N2CCN(C3CCCC3)CC2)nc1. The second-order valence-corrected chi connectivity index (χ2v) is 5.51. The molecule has 0 bridgehead atoms. The Balaban J connectivity index is 1.56. The van der Waals surface area contributed by atoms with Gasteiger partial charge in [-0.15, -0.1) is 0 Å². The second kappa shape index (κ2) is 5.84. The van der Waals surface area contributed by atoms with Crippen molar-refractivity contribution >= 4 is 5.95 Å². The van der Waals surface area contributed by atoms with Gasteiger partial charge in [0.15, 0.2) is 0 Å². The van der Waals surface area contributed by atoms with Crippen molar-refractivity contribution in [1.82, 2.24) is 14.9 Å². The molecule has 1 N–H and O–H groups in total. The number of aromatic nitrogens is 2. The first kappa shape index (κ1) is 12.8. The van der Waals surface area contributed by atoms with E-state index in [9.17, 15) is 0 Å². The number of piperazine rings is 1. The van der Waals surface area contributed by atoms with Gasteiger partial charge in [0.1, 0.15) is 0 Å². The van der Waals surface area contributed by atoms with Crippen LogP contribution in [0.1, 0.15) is 31.2 Å². The zero-order valence-electron chi connectivity index (χ0n) is 11.3. The summed E-state index contributed by atoms with van der Waals surface area (Å²) in [6.45, 7) is 4.27. The highest BCUT2D eigenvalue weighted by molar-refractivity contribution is 5.30. The molecule has 0 aromatic carbocycles. The third-order valence-electron chi connectivity index (χ3n) is 4.31. The van der Waals surface area contributed by atoms with E-state index >= 15 is 0 Å². The predicted octanol–water partition coefficient (Wildman–Crippen LogP) is 1.03. The third kappa shape index (κ3) is 2.87. The van der Waals surface area contributed by atoms with Gasteiger partial charge in [-0.05, 0) is 12.8 Å². The smallest absolute Gasteiger partial charge is 0.225 e. The summed E-state index contributed by atoms with van der Waals surface area (Å²) in [6, 6.07) is 0.819. The molecule has 2 fully saturated rings. The highest BCUT2D eigenvalue weighted by atomic mass is 16.3. The number of nitrogens with zero attached hydrogens (tertiary/aromatic N) is 4. The van der Waals surface area contributed by atoms with Crippen molar-refractivity contribution in [2.75, 3.05) is 31.1 Å². The normalized spacial score (nSPS) is 22.1. The molecular weight excluding hydrogens is 240 g/mol. The van der Waals surface area contributed by atoms with E-state index in [-0.39, 0.29) is 6.61 Å². The van der Waals surface area contributed by atoms with Gasteiger partial charge in [0.2, 0.25) is 5.95 Å². The van der Waals surface area contributed by atoms with E-state index in [0.717, 1.165) is 43.7 Å². The minimum Gasteiger partial charge on any atom is -0.392 e. The van der Waals surface area contributed by atoms with Crippen molar-refractivity contribution in [3.63, 3.8) is 0 Å². The van der Waals surface area contributed by atoms with Gasteiger partial charge in [-0.3, -0.25) is 4.90 Å². The Morgan fingerprint density at radius 3 is 2.26 bits per heavy atom. The van der Waals surface area contributed by atoms with Gasteiger partial charge >= 0.3 is 0 Å². The predicted molar refractivity (Wildman–Crippen MR) is 74.0 cm³/mol. The van der Waals surface area contributed by atoms with Crippen molar-refractivity contribution < 1.29 is 5.11 Å². The highest BCUT2D eigenvalue weighted by Crippen LogP contribution is 2.24. The summed E-state index contributed by atoms with van der Waals surface area (Å²) in [7, 11) is 0. The molecule has 2 heterocycles.